The average Bonchev–Trinajstić information content (AvgIpc) is 2.01. The summed E-state index contributed by atoms with van der Waals surface area (Å²) in [6.45, 7) is 8.28. The molecule has 1 aromatic rings. The van der Waals surface area contributed by atoms with Crippen molar-refractivity contribution in [2.45, 2.75) is 20.8 Å². The molecule has 14 heavy (non-hydrogen) atoms. The number of benzene rings is 1. The summed E-state index contributed by atoms with van der Waals surface area (Å²) in [5, 5.41) is 0.995. The molecule has 0 saturated heterocycles. The number of rotatable bonds is 2. The van der Waals surface area contributed by atoms with Crippen molar-refractivity contribution in [1.29, 1.82) is 0 Å². The Bertz CT molecular complexity index is 335. The molecule has 0 aliphatic rings. The highest BCUT2D eigenvalue weighted by molar-refractivity contribution is 7.70. The zero-order chi connectivity index (χ0) is 10.8. The van der Waals surface area contributed by atoms with Crippen LogP contribution in [-0.2, 0) is 4.57 Å². The molecule has 2 heteroatoms. The summed E-state index contributed by atoms with van der Waals surface area (Å²) in [7, 11) is -2.17. The van der Waals surface area contributed by atoms with Crippen LogP contribution >= 0.6 is 7.14 Å². The van der Waals surface area contributed by atoms with E-state index in [0.717, 1.165) is 11.5 Å². The molecule has 78 valence electrons. The third-order valence-electron chi connectivity index (χ3n) is 2.08. The van der Waals surface area contributed by atoms with Crippen LogP contribution in [0.15, 0.2) is 30.3 Å². The molecule has 1 aromatic carbocycles. The fourth-order valence-electron chi connectivity index (χ4n) is 1.74. The number of hydrogen-bond acceptors (Lipinski definition) is 1. The summed E-state index contributed by atoms with van der Waals surface area (Å²) in [6, 6.07) is 9.79. The Balaban J connectivity index is 2.93. The molecule has 1 atom stereocenters. The minimum Gasteiger partial charge on any atom is -0.319 e. The van der Waals surface area contributed by atoms with Crippen LogP contribution in [0, 0.1) is 5.41 Å². The Morgan fingerprint density at radius 1 is 1.14 bits per heavy atom. The second kappa shape index (κ2) is 3.90. The predicted molar refractivity (Wildman–Crippen MR) is 63.9 cm³/mol. The Kier molecular flexibility index (Phi) is 3.21. The van der Waals surface area contributed by atoms with E-state index in [2.05, 4.69) is 20.8 Å². The van der Waals surface area contributed by atoms with Crippen LogP contribution in [0.1, 0.15) is 20.8 Å². The quantitative estimate of drug-likeness (QED) is 0.684. The third kappa shape index (κ3) is 3.31. The third-order valence-corrected chi connectivity index (χ3v) is 5.02. The van der Waals surface area contributed by atoms with Crippen molar-refractivity contribution in [3.8, 4) is 0 Å². The van der Waals surface area contributed by atoms with E-state index in [1.165, 1.54) is 0 Å². The molecule has 0 saturated carbocycles. The first-order chi connectivity index (χ1) is 6.31. The lowest BCUT2D eigenvalue weighted by Gasteiger charge is -2.23. The molecule has 0 aliphatic heterocycles. The Morgan fingerprint density at radius 2 is 1.64 bits per heavy atom. The van der Waals surface area contributed by atoms with Crippen LogP contribution in [0.25, 0.3) is 0 Å². The molecule has 0 aliphatic carbocycles. The van der Waals surface area contributed by atoms with Gasteiger partial charge in [0.2, 0.25) is 0 Å². The van der Waals surface area contributed by atoms with Gasteiger partial charge in [-0.25, -0.2) is 0 Å². The van der Waals surface area contributed by atoms with Gasteiger partial charge >= 0.3 is 0 Å². The van der Waals surface area contributed by atoms with Crippen molar-refractivity contribution in [2.75, 3.05) is 12.8 Å². The smallest absolute Gasteiger partial charge is 0.113 e. The summed E-state index contributed by atoms with van der Waals surface area (Å²) in [5.74, 6) is 0. The van der Waals surface area contributed by atoms with E-state index < -0.39 is 7.14 Å². The van der Waals surface area contributed by atoms with Crippen molar-refractivity contribution >= 4 is 12.4 Å². The molecule has 0 N–H and O–H groups in total. The van der Waals surface area contributed by atoms with Crippen molar-refractivity contribution in [3.63, 3.8) is 0 Å². The van der Waals surface area contributed by atoms with Gasteiger partial charge in [0.1, 0.15) is 7.14 Å². The van der Waals surface area contributed by atoms with Crippen LogP contribution in [0.3, 0.4) is 0 Å². The van der Waals surface area contributed by atoms with Crippen molar-refractivity contribution in [2.24, 2.45) is 5.41 Å². The van der Waals surface area contributed by atoms with Crippen LogP contribution in [0.5, 0.6) is 0 Å². The SMILES string of the molecule is CC(C)(C)CP(C)(=O)c1ccccc1. The first-order valence-electron chi connectivity index (χ1n) is 4.93. The lowest BCUT2D eigenvalue weighted by atomic mass is 10.0. The lowest BCUT2D eigenvalue weighted by Crippen LogP contribution is -2.17. The van der Waals surface area contributed by atoms with E-state index in [1.807, 2.05) is 37.0 Å². The van der Waals surface area contributed by atoms with Crippen LogP contribution < -0.4 is 5.30 Å². The molecule has 1 nitrogen and oxygen atoms in total. The lowest BCUT2D eigenvalue weighted by molar-refractivity contribution is 0.465. The number of hydrogen-bond donors (Lipinski definition) is 0. The minimum absolute atomic E-state index is 0.125. The first kappa shape index (κ1) is 11.5. The monoisotopic (exact) mass is 210 g/mol. The molecule has 0 aromatic heterocycles. The van der Waals surface area contributed by atoms with Crippen LogP contribution in [-0.4, -0.2) is 12.8 Å². The van der Waals surface area contributed by atoms with E-state index >= 15 is 0 Å². The Labute approximate surface area is 86.9 Å². The molecular formula is C12H19OP. The zero-order valence-electron chi connectivity index (χ0n) is 9.45. The molecule has 0 amide bonds. The maximum Gasteiger partial charge on any atom is 0.113 e. The molecule has 1 rings (SSSR count). The normalized spacial score (nSPS) is 16.3. The van der Waals surface area contributed by atoms with Gasteiger partial charge in [-0.05, 0) is 12.1 Å². The largest absolute Gasteiger partial charge is 0.319 e. The van der Waals surface area contributed by atoms with E-state index in [-0.39, 0.29) is 5.41 Å². The van der Waals surface area contributed by atoms with Gasteiger partial charge in [-0.15, -0.1) is 0 Å². The average molecular weight is 210 g/mol. The fourth-order valence-corrected chi connectivity index (χ4v) is 4.54. The van der Waals surface area contributed by atoms with E-state index in [4.69, 9.17) is 0 Å². The van der Waals surface area contributed by atoms with Gasteiger partial charge in [-0.2, -0.15) is 0 Å². The molecule has 0 bridgehead atoms. The van der Waals surface area contributed by atoms with Crippen molar-refractivity contribution in [1.82, 2.24) is 0 Å². The highest BCUT2D eigenvalue weighted by Crippen LogP contribution is 2.45. The van der Waals surface area contributed by atoms with Gasteiger partial charge in [-0.1, -0.05) is 51.1 Å². The maximum absolute atomic E-state index is 12.4. The maximum atomic E-state index is 12.4. The topological polar surface area (TPSA) is 17.1 Å². The standard InChI is InChI=1S/C12H19OP/c1-12(2,3)10-14(4,13)11-8-6-5-7-9-11/h5-9H,10H2,1-4H3. The Morgan fingerprint density at radius 3 is 2.07 bits per heavy atom. The van der Waals surface area contributed by atoms with Crippen LogP contribution in [0.4, 0.5) is 0 Å². The van der Waals surface area contributed by atoms with Crippen molar-refractivity contribution in [3.05, 3.63) is 30.3 Å². The van der Waals surface area contributed by atoms with E-state index in [9.17, 15) is 4.57 Å². The van der Waals surface area contributed by atoms with Crippen LogP contribution in [0.2, 0.25) is 0 Å². The minimum atomic E-state index is -2.17. The molecular weight excluding hydrogens is 191 g/mol. The summed E-state index contributed by atoms with van der Waals surface area (Å²) in [5.41, 5.74) is 0.125. The summed E-state index contributed by atoms with van der Waals surface area (Å²) in [4.78, 5) is 0. The molecule has 0 heterocycles. The summed E-state index contributed by atoms with van der Waals surface area (Å²) < 4.78 is 12.4. The second-order valence-corrected chi connectivity index (χ2v) is 8.19. The van der Waals surface area contributed by atoms with Gasteiger partial charge in [-0.3, -0.25) is 0 Å². The van der Waals surface area contributed by atoms with Gasteiger partial charge in [0.15, 0.2) is 0 Å². The molecule has 0 spiro atoms. The Hall–Kier alpha value is -0.550. The fraction of sp³-hybridized carbons (Fsp3) is 0.500. The zero-order valence-corrected chi connectivity index (χ0v) is 10.3. The van der Waals surface area contributed by atoms with Gasteiger partial charge in [0.05, 0.1) is 0 Å². The highest BCUT2D eigenvalue weighted by atomic mass is 31.2. The second-order valence-electron chi connectivity index (χ2n) is 5.16. The van der Waals surface area contributed by atoms with Gasteiger partial charge in [0, 0.05) is 11.5 Å². The highest BCUT2D eigenvalue weighted by Gasteiger charge is 2.25. The summed E-state index contributed by atoms with van der Waals surface area (Å²) >= 11 is 0. The molecule has 0 radical (unpaired) electrons. The van der Waals surface area contributed by atoms with E-state index in [1.54, 1.807) is 0 Å². The van der Waals surface area contributed by atoms with Gasteiger partial charge < -0.3 is 4.57 Å². The molecule has 1 unspecified atom stereocenters. The molecule has 0 fully saturated rings. The van der Waals surface area contributed by atoms with Crippen molar-refractivity contribution < 1.29 is 4.57 Å². The summed E-state index contributed by atoms with van der Waals surface area (Å²) in [6.07, 6.45) is 0.768. The van der Waals surface area contributed by atoms with E-state index in [0.29, 0.717) is 0 Å². The predicted octanol–water partition coefficient (Wildman–Crippen LogP) is 3.35. The first-order valence-corrected chi connectivity index (χ1v) is 7.27. The van der Waals surface area contributed by atoms with Gasteiger partial charge in [0.25, 0.3) is 0 Å².